The van der Waals surface area contributed by atoms with Gasteiger partial charge < -0.3 is 20.5 Å². The third-order valence-corrected chi connectivity index (χ3v) is 4.70. The second kappa shape index (κ2) is 6.44. The molecule has 0 aromatic rings. The number of alkyl carbamates (subject to hydrolysis) is 1. The van der Waals surface area contributed by atoms with Crippen molar-refractivity contribution in [3.63, 3.8) is 0 Å². The molecule has 0 aromatic heterocycles. The van der Waals surface area contributed by atoms with Crippen molar-refractivity contribution in [2.45, 2.75) is 76.5 Å². The van der Waals surface area contributed by atoms with E-state index < -0.39 is 11.6 Å². The molecule has 126 valence electrons. The predicted octanol–water partition coefficient (Wildman–Crippen LogP) is 2.28. The third-order valence-electron chi connectivity index (χ3n) is 4.70. The number of carbonyl (C=O) groups excluding carboxylic acids is 1. The summed E-state index contributed by atoms with van der Waals surface area (Å²) in [5.74, 6) is -0.408. The first-order chi connectivity index (χ1) is 10.2. The Kier molecular flexibility index (Phi) is 5.00. The van der Waals surface area contributed by atoms with E-state index in [1.54, 1.807) is 0 Å². The van der Waals surface area contributed by atoms with Crippen LogP contribution in [0.4, 0.5) is 4.79 Å². The van der Waals surface area contributed by atoms with Crippen molar-refractivity contribution in [1.29, 1.82) is 0 Å². The van der Waals surface area contributed by atoms with Crippen LogP contribution in [0.2, 0.25) is 0 Å². The smallest absolute Gasteiger partial charge is 0.407 e. The summed E-state index contributed by atoms with van der Waals surface area (Å²) in [6, 6.07) is 0.0552. The molecule has 1 spiro atoms. The number of carbonyl (C=O) groups is 2. The summed E-state index contributed by atoms with van der Waals surface area (Å²) in [6.45, 7) is 6.12. The topological polar surface area (TPSA) is 87.7 Å². The van der Waals surface area contributed by atoms with Crippen LogP contribution in [0.3, 0.4) is 0 Å². The zero-order chi connectivity index (χ0) is 16.4. The maximum absolute atomic E-state index is 11.8. The summed E-state index contributed by atoms with van der Waals surface area (Å²) in [4.78, 5) is 22.7. The summed E-state index contributed by atoms with van der Waals surface area (Å²) in [5, 5.41) is 15.4. The van der Waals surface area contributed by atoms with Crippen molar-refractivity contribution in [2.24, 2.45) is 5.92 Å². The minimum Gasteiger partial charge on any atom is -0.481 e. The van der Waals surface area contributed by atoms with Crippen molar-refractivity contribution in [3.8, 4) is 0 Å². The Bertz CT molecular complexity index is 432. The van der Waals surface area contributed by atoms with Crippen molar-refractivity contribution >= 4 is 12.1 Å². The standard InChI is InChI=1S/C16H28N2O4/c1-15(2,3)22-14(21)17-10-11-5-4-7-16(11)8-6-12(18-16)9-13(19)20/h11-12,18H,4-10H2,1-3H3,(H,17,21)(H,19,20)/t11-,12+,16+/m0/s1. The van der Waals surface area contributed by atoms with Gasteiger partial charge in [0.05, 0.1) is 6.42 Å². The van der Waals surface area contributed by atoms with Gasteiger partial charge in [0, 0.05) is 18.1 Å². The highest BCUT2D eigenvalue weighted by atomic mass is 16.6. The molecule has 2 aliphatic rings. The van der Waals surface area contributed by atoms with Crippen LogP contribution in [0, 0.1) is 5.92 Å². The van der Waals surface area contributed by atoms with E-state index in [1.807, 2.05) is 20.8 Å². The van der Waals surface area contributed by atoms with E-state index in [0.717, 1.165) is 32.1 Å². The highest BCUT2D eigenvalue weighted by molar-refractivity contribution is 5.68. The van der Waals surface area contributed by atoms with Gasteiger partial charge in [0.2, 0.25) is 0 Å². The summed E-state index contributed by atoms with van der Waals surface area (Å²) in [6.07, 6.45) is 4.92. The molecule has 1 saturated heterocycles. The number of hydrogen-bond donors (Lipinski definition) is 3. The number of rotatable bonds is 4. The lowest BCUT2D eigenvalue weighted by molar-refractivity contribution is -0.137. The lowest BCUT2D eigenvalue weighted by Gasteiger charge is -2.33. The highest BCUT2D eigenvalue weighted by Gasteiger charge is 2.47. The van der Waals surface area contributed by atoms with Crippen LogP contribution in [0.15, 0.2) is 0 Å². The van der Waals surface area contributed by atoms with E-state index in [-0.39, 0.29) is 24.1 Å². The van der Waals surface area contributed by atoms with Crippen LogP contribution >= 0.6 is 0 Å². The van der Waals surface area contributed by atoms with Gasteiger partial charge >= 0.3 is 12.1 Å². The highest BCUT2D eigenvalue weighted by Crippen LogP contribution is 2.43. The number of hydrogen-bond acceptors (Lipinski definition) is 4. The van der Waals surface area contributed by atoms with Crippen molar-refractivity contribution < 1.29 is 19.4 Å². The van der Waals surface area contributed by atoms with Crippen LogP contribution in [0.25, 0.3) is 0 Å². The van der Waals surface area contributed by atoms with Gasteiger partial charge in [-0.1, -0.05) is 6.42 Å². The SMILES string of the molecule is CC(C)(C)OC(=O)NC[C@@H]1CCC[C@@]12CC[C@H](CC(=O)O)N2. The zero-order valence-electron chi connectivity index (χ0n) is 13.8. The van der Waals surface area contributed by atoms with E-state index in [1.165, 1.54) is 0 Å². The maximum atomic E-state index is 11.8. The van der Waals surface area contributed by atoms with Crippen LogP contribution in [-0.2, 0) is 9.53 Å². The molecule has 1 aliphatic carbocycles. The molecule has 22 heavy (non-hydrogen) atoms. The molecule has 0 bridgehead atoms. The molecule has 2 fully saturated rings. The quantitative estimate of drug-likeness (QED) is 0.741. The maximum Gasteiger partial charge on any atom is 0.407 e. The zero-order valence-corrected chi connectivity index (χ0v) is 13.8. The van der Waals surface area contributed by atoms with Crippen molar-refractivity contribution in [1.82, 2.24) is 10.6 Å². The van der Waals surface area contributed by atoms with E-state index >= 15 is 0 Å². The Morgan fingerprint density at radius 3 is 2.68 bits per heavy atom. The van der Waals surface area contributed by atoms with Crippen LogP contribution in [0.1, 0.15) is 59.3 Å². The van der Waals surface area contributed by atoms with Crippen LogP contribution < -0.4 is 10.6 Å². The van der Waals surface area contributed by atoms with E-state index in [2.05, 4.69) is 10.6 Å². The average Bonchev–Trinajstić information content (AvgIpc) is 2.92. The van der Waals surface area contributed by atoms with Gasteiger partial charge in [-0.15, -0.1) is 0 Å². The predicted molar refractivity (Wildman–Crippen MR) is 82.7 cm³/mol. The normalized spacial score (nSPS) is 31.4. The van der Waals surface area contributed by atoms with Crippen LogP contribution in [-0.4, -0.2) is 40.9 Å². The number of carboxylic acid groups (broad SMARTS) is 1. The molecule has 1 aliphatic heterocycles. The summed E-state index contributed by atoms with van der Waals surface area (Å²) < 4.78 is 5.27. The van der Waals surface area contributed by atoms with E-state index in [0.29, 0.717) is 12.5 Å². The Hall–Kier alpha value is -1.30. The molecule has 2 rings (SSSR count). The molecule has 3 N–H and O–H groups in total. The first-order valence-corrected chi connectivity index (χ1v) is 8.16. The van der Waals surface area contributed by atoms with Crippen LogP contribution in [0.5, 0.6) is 0 Å². The molecule has 0 radical (unpaired) electrons. The van der Waals surface area contributed by atoms with Gasteiger partial charge in [-0.2, -0.15) is 0 Å². The minimum absolute atomic E-state index is 0.00483. The monoisotopic (exact) mass is 312 g/mol. The molecule has 1 heterocycles. The molecular formula is C16H28N2O4. The largest absolute Gasteiger partial charge is 0.481 e. The summed E-state index contributed by atoms with van der Waals surface area (Å²) in [7, 11) is 0. The van der Waals surface area contributed by atoms with Gasteiger partial charge in [0.25, 0.3) is 0 Å². The van der Waals surface area contributed by atoms with Crippen molar-refractivity contribution in [3.05, 3.63) is 0 Å². The second-order valence-electron chi connectivity index (χ2n) is 7.61. The number of carboxylic acids is 1. The van der Waals surface area contributed by atoms with Crippen molar-refractivity contribution in [2.75, 3.05) is 6.54 Å². The molecule has 1 saturated carbocycles. The number of nitrogens with one attached hydrogen (secondary N) is 2. The van der Waals surface area contributed by atoms with E-state index in [4.69, 9.17) is 9.84 Å². The molecule has 6 heteroatoms. The summed E-state index contributed by atoms with van der Waals surface area (Å²) in [5.41, 5.74) is -0.495. The molecule has 6 nitrogen and oxygen atoms in total. The van der Waals surface area contributed by atoms with Gasteiger partial charge in [0.1, 0.15) is 5.60 Å². The minimum atomic E-state index is -0.754. The van der Waals surface area contributed by atoms with Gasteiger partial charge in [-0.25, -0.2) is 4.79 Å². The fourth-order valence-electron chi connectivity index (χ4n) is 3.83. The summed E-state index contributed by atoms with van der Waals surface area (Å²) >= 11 is 0. The Labute approximate surface area is 132 Å². The fraction of sp³-hybridized carbons (Fsp3) is 0.875. The Morgan fingerprint density at radius 2 is 2.05 bits per heavy atom. The third kappa shape index (κ3) is 4.35. The first-order valence-electron chi connectivity index (χ1n) is 8.16. The lowest BCUT2D eigenvalue weighted by Crippen LogP contribution is -2.50. The fourth-order valence-corrected chi connectivity index (χ4v) is 3.83. The number of amides is 1. The molecular weight excluding hydrogens is 284 g/mol. The molecule has 1 amide bonds. The van der Waals surface area contributed by atoms with Gasteiger partial charge in [0.15, 0.2) is 0 Å². The number of aliphatic carboxylic acids is 1. The molecule has 0 aromatic carbocycles. The van der Waals surface area contributed by atoms with E-state index in [9.17, 15) is 9.59 Å². The second-order valence-corrected chi connectivity index (χ2v) is 7.61. The number of ether oxygens (including phenoxy) is 1. The Balaban J connectivity index is 1.86. The first kappa shape index (κ1) is 17.1. The average molecular weight is 312 g/mol. The lowest BCUT2D eigenvalue weighted by atomic mass is 9.85. The van der Waals surface area contributed by atoms with Gasteiger partial charge in [-0.05, 0) is 52.4 Å². The molecule has 3 atom stereocenters. The Morgan fingerprint density at radius 1 is 1.32 bits per heavy atom. The molecule has 0 unspecified atom stereocenters. The van der Waals surface area contributed by atoms with Gasteiger partial charge in [-0.3, -0.25) is 4.79 Å².